The van der Waals surface area contributed by atoms with Gasteiger partial charge >= 0.3 is 89.8 Å². The molecule has 0 aliphatic heterocycles. The summed E-state index contributed by atoms with van der Waals surface area (Å²) in [4.78, 5) is 0. The maximum absolute atomic E-state index is 2.36. The van der Waals surface area contributed by atoms with Crippen LogP contribution in [0.25, 0.3) is 0 Å². The van der Waals surface area contributed by atoms with E-state index < -0.39 is 0 Å². The second-order valence-corrected chi connectivity index (χ2v) is 4.40. The van der Waals surface area contributed by atoms with E-state index in [1.54, 1.807) is 0 Å². The average molecular weight is 234 g/mol. The van der Waals surface area contributed by atoms with E-state index in [0.29, 0.717) is 0 Å². The van der Waals surface area contributed by atoms with Crippen molar-refractivity contribution in [3.63, 3.8) is 0 Å². The van der Waals surface area contributed by atoms with Crippen LogP contribution in [-0.2, 0) is 19.3 Å². The van der Waals surface area contributed by atoms with E-state index in [2.05, 4.69) is 49.4 Å². The summed E-state index contributed by atoms with van der Waals surface area (Å²) in [7, 11) is 0. The van der Waals surface area contributed by atoms with Gasteiger partial charge in [-0.1, -0.05) is 0 Å². The average Bonchev–Trinajstić information content (AvgIpc) is 2.18. The Morgan fingerprint density at radius 3 is 1.69 bits per heavy atom. The van der Waals surface area contributed by atoms with Crippen molar-refractivity contribution in [2.75, 3.05) is 0 Å². The van der Waals surface area contributed by atoms with Crippen LogP contribution in [0.3, 0.4) is 0 Å². The summed E-state index contributed by atoms with van der Waals surface area (Å²) in [5.74, 6) is 0. The van der Waals surface area contributed by atoms with Crippen molar-refractivity contribution in [3.8, 4) is 0 Å². The molecule has 0 unspecified atom stereocenters. The molecule has 0 saturated heterocycles. The predicted octanol–water partition coefficient (Wildman–Crippen LogP) is 2.17. The van der Waals surface area contributed by atoms with Gasteiger partial charge in [0.1, 0.15) is 0 Å². The Balaban J connectivity index is 3.20. The van der Waals surface area contributed by atoms with Crippen LogP contribution in [0.15, 0.2) is 12.1 Å². The van der Waals surface area contributed by atoms with Crippen molar-refractivity contribution in [1.29, 1.82) is 0 Å². The maximum atomic E-state index is 2.36. The normalized spacial score (nSPS) is 10.5. The molecule has 0 fully saturated rings. The van der Waals surface area contributed by atoms with Crippen molar-refractivity contribution < 1.29 is 0 Å². The van der Waals surface area contributed by atoms with Crippen molar-refractivity contribution in [2.24, 2.45) is 0 Å². The van der Waals surface area contributed by atoms with E-state index in [4.69, 9.17) is 0 Å². The van der Waals surface area contributed by atoms with Crippen molar-refractivity contribution >= 4 is 20.9 Å². The molecule has 0 aliphatic carbocycles. The fourth-order valence-corrected chi connectivity index (χ4v) is 2.65. The van der Waals surface area contributed by atoms with E-state index >= 15 is 0 Å². The number of rotatable bonds is 3. The molecular formula is C12H17Ge. The summed E-state index contributed by atoms with van der Waals surface area (Å²) in [6, 6.07) is 4.71. The van der Waals surface area contributed by atoms with Crippen molar-refractivity contribution in [1.82, 2.24) is 0 Å². The zero-order valence-electron chi connectivity index (χ0n) is 8.78. The molecule has 1 heteroatoms. The van der Waals surface area contributed by atoms with Gasteiger partial charge in [-0.3, -0.25) is 0 Å². The Kier molecular flexibility index (Phi) is 4.04. The summed E-state index contributed by atoms with van der Waals surface area (Å²) in [6.07, 6.45) is 3.47. The van der Waals surface area contributed by atoms with Crippen LogP contribution in [0.5, 0.6) is 0 Å². The molecule has 1 aromatic rings. The standard InChI is InChI=1S/C12H17Ge/c1-4-9-7-10(5-2)12(13)11(6-3)8-9/h7-8H,4-6H2,1-3H3. The monoisotopic (exact) mass is 235 g/mol. The van der Waals surface area contributed by atoms with Gasteiger partial charge in [0.15, 0.2) is 0 Å². The number of aryl methyl sites for hydroxylation is 3. The third-order valence-corrected chi connectivity index (χ3v) is 3.88. The predicted molar refractivity (Wildman–Crippen MR) is 60.0 cm³/mol. The molecule has 0 aliphatic rings. The van der Waals surface area contributed by atoms with Gasteiger partial charge in [0.05, 0.1) is 0 Å². The van der Waals surface area contributed by atoms with E-state index in [1.807, 2.05) is 0 Å². The van der Waals surface area contributed by atoms with Gasteiger partial charge in [-0.15, -0.1) is 0 Å². The van der Waals surface area contributed by atoms with Crippen LogP contribution in [0.1, 0.15) is 37.5 Å². The van der Waals surface area contributed by atoms with E-state index in [-0.39, 0.29) is 0 Å². The summed E-state index contributed by atoms with van der Waals surface area (Å²) in [5.41, 5.74) is 4.53. The molecule has 0 nitrogen and oxygen atoms in total. The van der Waals surface area contributed by atoms with Crippen LogP contribution in [0.4, 0.5) is 0 Å². The molecule has 3 radical (unpaired) electrons. The molecule has 0 spiro atoms. The van der Waals surface area contributed by atoms with Crippen LogP contribution in [-0.4, -0.2) is 16.5 Å². The topological polar surface area (TPSA) is 0 Å². The molecule has 0 amide bonds. The van der Waals surface area contributed by atoms with Crippen LogP contribution >= 0.6 is 0 Å². The Hall–Kier alpha value is -0.237. The molecule has 0 heterocycles. The summed E-state index contributed by atoms with van der Waals surface area (Å²) < 4.78 is 1.50. The Labute approximate surface area is 90.0 Å². The Bertz CT molecular complexity index is 264. The number of benzene rings is 1. The third-order valence-electron chi connectivity index (χ3n) is 2.53. The molecular weight excluding hydrogens is 217 g/mol. The molecule has 69 valence electrons. The summed E-state index contributed by atoms with van der Waals surface area (Å²) in [5, 5.41) is 0. The quantitative estimate of drug-likeness (QED) is 0.703. The van der Waals surface area contributed by atoms with Gasteiger partial charge in [0.25, 0.3) is 0 Å². The SMILES string of the molecule is CCc1cc(CC)[c]([Ge])c(CC)c1. The molecule has 0 bridgehead atoms. The molecule has 0 atom stereocenters. The van der Waals surface area contributed by atoms with Gasteiger partial charge < -0.3 is 0 Å². The van der Waals surface area contributed by atoms with Crippen molar-refractivity contribution in [2.45, 2.75) is 40.0 Å². The zero-order valence-corrected chi connectivity index (χ0v) is 10.9. The molecule has 0 aromatic heterocycles. The van der Waals surface area contributed by atoms with E-state index in [0.717, 1.165) is 19.3 Å². The first-order valence-electron chi connectivity index (χ1n) is 5.09. The minimum absolute atomic E-state index is 1.15. The summed E-state index contributed by atoms with van der Waals surface area (Å²) in [6.45, 7) is 6.70. The third kappa shape index (κ3) is 2.37. The first-order valence-corrected chi connectivity index (χ1v) is 6.14. The van der Waals surface area contributed by atoms with Gasteiger partial charge in [0, 0.05) is 0 Å². The Morgan fingerprint density at radius 2 is 1.38 bits per heavy atom. The van der Waals surface area contributed by atoms with E-state index in [9.17, 15) is 0 Å². The summed E-state index contributed by atoms with van der Waals surface area (Å²) >= 11 is 2.25. The van der Waals surface area contributed by atoms with Crippen LogP contribution in [0, 0.1) is 0 Å². The van der Waals surface area contributed by atoms with Gasteiger partial charge in [-0.05, 0) is 0 Å². The van der Waals surface area contributed by atoms with Gasteiger partial charge in [0.2, 0.25) is 0 Å². The first-order chi connectivity index (χ1) is 6.22. The second kappa shape index (κ2) is 4.85. The molecule has 13 heavy (non-hydrogen) atoms. The molecule has 1 aromatic carbocycles. The fourth-order valence-electron chi connectivity index (χ4n) is 1.60. The minimum atomic E-state index is 1.15. The number of hydrogen-bond acceptors (Lipinski definition) is 0. The molecule has 1 rings (SSSR count). The fraction of sp³-hybridized carbons (Fsp3) is 0.500. The van der Waals surface area contributed by atoms with Crippen LogP contribution in [0.2, 0.25) is 0 Å². The Morgan fingerprint density at radius 1 is 0.923 bits per heavy atom. The van der Waals surface area contributed by atoms with Crippen LogP contribution < -0.4 is 4.40 Å². The second-order valence-electron chi connectivity index (χ2n) is 3.35. The number of hydrogen-bond donors (Lipinski definition) is 0. The molecule has 0 N–H and O–H groups in total. The molecule has 0 saturated carbocycles. The van der Waals surface area contributed by atoms with Gasteiger partial charge in [-0.2, -0.15) is 0 Å². The van der Waals surface area contributed by atoms with E-state index in [1.165, 1.54) is 21.1 Å². The zero-order chi connectivity index (χ0) is 9.84. The first kappa shape index (κ1) is 10.8. The van der Waals surface area contributed by atoms with Gasteiger partial charge in [-0.25, -0.2) is 0 Å². The van der Waals surface area contributed by atoms with Crippen molar-refractivity contribution in [3.05, 3.63) is 28.8 Å².